The Labute approximate surface area is 317 Å². The number of carboxylic acid groups (broad SMARTS) is 1. The number of pyridine rings is 4. The quantitative estimate of drug-likeness (QED) is 0.185. The molecule has 0 unspecified atom stereocenters. The van der Waals surface area contributed by atoms with Crippen molar-refractivity contribution in [1.29, 1.82) is 0 Å². The zero-order valence-electron chi connectivity index (χ0n) is 28.7. The van der Waals surface area contributed by atoms with Crippen LogP contribution in [0.5, 0.6) is 0 Å². The van der Waals surface area contributed by atoms with Gasteiger partial charge in [-0.2, -0.15) is 0 Å². The molecule has 0 amide bonds. The molecule has 0 aliphatic carbocycles. The molecule has 4 aromatic heterocycles. The Morgan fingerprint density at radius 3 is 1.57 bits per heavy atom. The van der Waals surface area contributed by atoms with Gasteiger partial charge >= 0.3 is 41.5 Å². The Morgan fingerprint density at radius 1 is 0.667 bits per heavy atom. The molecule has 2 aliphatic heterocycles. The Kier molecular flexibility index (Phi) is 12.3. The molecule has 2 N–H and O–H groups in total. The van der Waals surface area contributed by atoms with Gasteiger partial charge in [0.1, 0.15) is 0 Å². The molecule has 6 heterocycles. The van der Waals surface area contributed by atoms with E-state index in [2.05, 4.69) is 60.1 Å². The zero-order chi connectivity index (χ0) is 33.7. The molecule has 254 valence electrons. The van der Waals surface area contributed by atoms with Crippen LogP contribution in [0.15, 0.2) is 97.6 Å². The number of esters is 1. The standard InChI is InChI=1S/C20H19N3O2.C19H17N3O2.Na.H2O/c1-25-20(24)15-5-6-21-17(11-15)10-14-3-4-19-16(9-14)12-18(13-22-19)23-7-2-8-23;23-19(24)14-4-5-20-16(10-14)9-13-2-3-18-15(8-13)11-17(12-21-18)22-6-1-7-22;;/h3-6,9,11-13H,2,7-8,10H2,1H3;2-5,8,10-12H,1,6-7,9H2,(H,23,24);;1H2/q;;+1;/p-1. The van der Waals surface area contributed by atoms with Crippen LogP contribution in [0.3, 0.4) is 0 Å². The van der Waals surface area contributed by atoms with Gasteiger partial charge in [0.2, 0.25) is 0 Å². The Morgan fingerprint density at radius 2 is 1.14 bits per heavy atom. The number of aromatic carboxylic acids is 1. The normalized spacial score (nSPS) is 13.1. The van der Waals surface area contributed by atoms with Crippen molar-refractivity contribution in [3.05, 3.63) is 131 Å². The average molecular weight is 693 g/mol. The minimum Gasteiger partial charge on any atom is -0.870 e. The van der Waals surface area contributed by atoms with Gasteiger partial charge in [-0.05, 0) is 84.6 Å². The van der Waals surface area contributed by atoms with Gasteiger partial charge in [-0.3, -0.25) is 19.9 Å². The Bertz CT molecular complexity index is 2170. The summed E-state index contributed by atoms with van der Waals surface area (Å²) >= 11 is 0. The van der Waals surface area contributed by atoms with Crippen molar-refractivity contribution >= 4 is 45.1 Å². The van der Waals surface area contributed by atoms with E-state index in [9.17, 15) is 9.59 Å². The first-order valence-corrected chi connectivity index (χ1v) is 16.4. The second-order valence-corrected chi connectivity index (χ2v) is 12.3. The molecule has 0 bridgehead atoms. The van der Waals surface area contributed by atoms with Crippen LogP contribution < -0.4 is 39.4 Å². The summed E-state index contributed by atoms with van der Waals surface area (Å²) in [6.45, 7) is 4.41. The molecule has 6 aromatic rings. The number of rotatable bonds is 8. The minimum absolute atomic E-state index is 0. The molecule has 12 heteroatoms. The molecule has 11 nitrogen and oxygen atoms in total. The number of carbonyl (C=O) groups is 2. The van der Waals surface area contributed by atoms with E-state index >= 15 is 0 Å². The van der Waals surface area contributed by atoms with Crippen molar-refractivity contribution < 1.29 is 54.5 Å². The van der Waals surface area contributed by atoms with Gasteiger partial charge < -0.3 is 25.1 Å². The fraction of sp³-hybridized carbons (Fsp3) is 0.231. The van der Waals surface area contributed by atoms with E-state index in [1.165, 1.54) is 31.7 Å². The number of ether oxygens (including phenoxy) is 1. The smallest absolute Gasteiger partial charge is 0.870 e. The molecular formula is C39H37N6NaO5. The van der Waals surface area contributed by atoms with Crippen molar-refractivity contribution in [2.24, 2.45) is 0 Å². The topological polar surface area (TPSA) is 152 Å². The van der Waals surface area contributed by atoms with E-state index in [1.54, 1.807) is 30.6 Å². The first-order chi connectivity index (χ1) is 23.9. The molecule has 2 aromatic carbocycles. The number of aromatic nitrogens is 4. The van der Waals surface area contributed by atoms with Crippen LogP contribution in [-0.4, -0.2) is 75.7 Å². The molecule has 51 heavy (non-hydrogen) atoms. The van der Waals surface area contributed by atoms with Crippen molar-refractivity contribution in [3.63, 3.8) is 0 Å². The monoisotopic (exact) mass is 692 g/mol. The van der Waals surface area contributed by atoms with Crippen LogP contribution in [0, 0.1) is 0 Å². The number of hydrogen-bond acceptors (Lipinski definition) is 10. The third-order valence-corrected chi connectivity index (χ3v) is 8.98. The molecule has 0 atom stereocenters. The van der Waals surface area contributed by atoms with E-state index in [-0.39, 0.29) is 46.6 Å². The third kappa shape index (κ3) is 8.87. The predicted molar refractivity (Wildman–Crippen MR) is 191 cm³/mol. The van der Waals surface area contributed by atoms with Crippen LogP contribution in [0.25, 0.3) is 21.8 Å². The Hall–Kier alpha value is -4.94. The molecule has 0 radical (unpaired) electrons. The van der Waals surface area contributed by atoms with Crippen molar-refractivity contribution in [1.82, 2.24) is 19.9 Å². The summed E-state index contributed by atoms with van der Waals surface area (Å²) in [5, 5.41) is 11.3. The second kappa shape index (κ2) is 16.8. The fourth-order valence-electron chi connectivity index (χ4n) is 6.00. The van der Waals surface area contributed by atoms with Gasteiger partial charge in [-0.15, -0.1) is 0 Å². The van der Waals surface area contributed by atoms with E-state index in [1.807, 2.05) is 30.6 Å². The summed E-state index contributed by atoms with van der Waals surface area (Å²) in [7, 11) is 1.38. The number of fused-ring (bicyclic) bond motifs is 2. The summed E-state index contributed by atoms with van der Waals surface area (Å²) < 4.78 is 4.77. The van der Waals surface area contributed by atoms with Crippen LogP contribution in [-0.2, 0) is 17.6 Å². The number of hydrogen-bond donors (Lipinski definition) is 1. The van der Waals surface area contributed by atoms with E-state index < -0.39 is 5.97 Å². The zero-order valence-corrected chi connectivity index (χ0v) is 30.7. The van der Waals surface area contributed by atoms with Gasteiger partial charge in [0, 0.05) is 73.6 Å². The number of carbonyl (C=O) groups excluding carboxylic acids is 1. The summed E-state index contributed by atoms with van der Waals surface area (Å²) in [4.78, 5) is 45.1. The van der Waals surface area contributed by atoms with Gasteiger partial charge in [0.15, 0.2) is 0 Å². The maximum Gasteiger partial charge on any atom is 1.00 e. The van der Waals surface area contributed by atoms with Gasteiger partial charge in [0.25, 0.3) is 0 Å². The number of anilines is 2. The number of methoxy groups -OCH3 is 1. The molecule has 2 saturated heterocycles. The van der Waals surface area contributed by atoms with Crippen LogP contribution in [0.1, 0.15) is 56.1 Å². The Balaban J connectivity index is 0.000000190. The van der Waals surface area contributed by atoms with E-state index in [0.717, 1.165) is 76.2 Å². The van der Waals surface area contributed by atoms with Gasteiger partial charge in [-0.1, -0.05) is 12.1 Å². The molecule has 2 fully saturated rings. The number of carboxylic acids is 1. The second-order valence-electron chi connectivity index (χ2n) is 12.3. The fourth-order valence-corrected chi connectivity index (χ4v) is 6.00. The molecule has 8 rings (SSSR count). The maximum atomic E-state index is 11.7. The first kappa shape index (κ1) is 37.3. The van der Waals surface area contributed by atoms with Crippen molar-refractivity contribution in [2.75, 3.05) is 43.1 Å². The molecule has 0 spiro atoms. The number of nitrogens with zero attached hydrogens (tertiary/aromatic N) is 6. The van der Waals surface area contributed by atoms with Crippen LogP contribution in [0.2, 0.25) is 0 Å². The first-order valence-electron chi connectivity index (χ1n) is 16.4. The predicted octanol–water partition coefficient (Wildman–Crippen LogP) is 3.17. The molecular weight excluding hydrogens is 655 g/mol. The summed E-state index contributed by atoms with van der Waals surface area (Å²) in [5.74, 6) is -1.27. The maximum absolute atomic E-state index is 11.7. The SMILES string of the molecule is COC(=O)c1ccnc(Cc2ccc3ncc(N4CCC4)cc3c2)c1.O=C(O)c1ccnc(Cc2ccc3ncc(N4CCC4)cc3c2)c1.[Na+].[OH-]. The largest absolute Gasteiger partial charge is 1.00 e. The van der Waals surface area contributed by atoms with Crippen LogP contribution >= 0.6 is 0 Å². The van der Waals surface area contributed by atoms with Gasteiger partial charge in [0.05, 0.1) is 53.0 Å². The third-order valence-electron chi connectivity index (χ3n) is 8.98. The molecule has 0 saturated carbocycles. The summed E-state index contributed by atoms with van der Waals surface area (Å²) in [6, 6.07) is 23.3. The van der Waals surface area contributed by atoms with Crippen molar-refractivity contribution in [3.8, 4) is 0 Å². The summed E-state index contributed by atoms with van der Waals surface area (Å²) in [5.41, 5.74) is 8.93. The van der Waals surface area contributed by atoms with E-state index in [4.69, 9.17) is 9.84 Å². The van der Waals surface area contributed by atoms with Crippen LogP contribution in [0.4, 0.5) is 11.4 Å². The summed E-state index contributed by atoms with van der Waals surface area (Å²) in [6.07, 6.45) is 10.8. The number of benzene rings is 2. The van der Waals surface area contributed by atoms with E-state index in [0.29, 0.717) is 18.4 Å². The van der Waals surface area contributed by atoms with Gasteiger partial charge in [-0.25, -0.2) is 9.59 Å². The minimum atomic E-state index is -0.930. The van der Waals surface area contributed by atoms with Crippen molar-refractivity contribution in [2.45, 2.75) is 25.7 Å². The molecule has 2 aliphatic rings. The average Bonchev–Trinajstić information content (AvgIpc) is 3.07.